The molecule has 136 valence electrons. The number of benzene rings is 2. The predicted molar refractivity (Wildman–Crippen MR) is 105 cm³/mol. The Bertz CT molecular complexity index is 1240. The summed E-state index contributed by atoms with van der Waals surface area (Å²) >= 11 is 5.96. The smallest absolute Gasteiger partial charge is 0.298 e. The second-order valence-electron chi connectivity index (χ2n) is 5.80. The quantitative estimate of drug-likeness (QED) is 0.548. The van der Waals surface area contributed by atoms with Gasteiger partial charge >= 0.3 is 0 Å². The first-order chi connectivity index (χ1) is 13.1. The van der Waals surface area contributed by atoms with Crippen LogP contribution in [0, 0.1) is 0 Å². The Morgan fingerprint density at radius 2 is 1.96 bits per heavy atom. The lowest BCUT2D eigenvalue weighted by Gasteiger charge is -2.06. The lowest BCUT2D eigenvalue weighted by atomic mass is 10.2. The lowest BCUT2D eigenvalue weighted by molar-refractivity contribution is 0.356. The largest absolute Gasteiger partial charge is 0.493 e. The summed E-state index contributed by atoms with van der Waals surface area (Å²) in [6.45, 7) is 0. The van der Waals surface area contributed by atoms with Gasteiger partial charge in [0, 0.05) is 16.5 Å². The summed E-state index contributed by atoms with van der Waals surface area (Å²) in [6, 6.07) is 10.7. The number of hydrogen-bond donors (Lipinski definition) is 1. The summed E-state index contributed by atoms with van der Waals surface area (Å²) in [5.74, 6) is 1.13. The minimum atomic E-state index is -0.313. The molecule has 0 aliphatic rings. The molecule has 2 heterocycles. The topological polar surface area (TPSA) is 81.5 Å². The Kier molecular flexibility index (Phi) is 4.29. The van der Waals surface area contributed by atoms with E-state index < -0.39 is 0 Å². The maximum atomic E-state index is 12.8. The molecule has 2 aromatic carbocycles. The molecule has 8 heteroatoms. The Hall–Kier alpha value is -3.32. The van der Waals surface area contributed by atoms with Crippen LogP contribution in [0.4, 0.5) is 0 Å². The first kappa shape index (κ1) is 17.1. The number of nitrogens with one attached hydrogen (secondary N) is 1. The Labute approximate surface area is 158 Å². The Morgan fingerprint density at radius 1 is 1.19 bits per heavy atom. The fourth-order valence-electron chi connectivity index (χ4n) is 2.87. The van der Waals surface area contributed by atoms with Crippen molar-refractivity contribution >= 4 is 39.8 Å². The monoisotopic (exact) mass is 382 g/mol. The standard InChI is InChI=1S/C19H15ClN4O3/c1-26-15-7-13-14(8-16(15)27-2)23-18-17(13)21-10-24(19(18)25)22-9-11-4-3-5-12(20)6-11/h3-10,23H,1-2H3/b22-9-. The van der Waals surface area contributed by atoms with E-state index in [2.05, 4.69) is 15.1 Å². The molecule has 4 rings (SSSR count). The normalized spacial score (nSPS) is 11.5. The number of nitrogens with zero attached hydrogens (tertiary/aromatic N) is 3. The van der Waals surface area contributed by atoms with E-state index in [-0.39, 0.29) is 5.56 Å². The molecule has 4 aromatic rings. The van der Waals surface area contributed by atoms with Crippen molar-refractivity contribution in [1.29, 1.82) is 0 Å². The van der Waals surface area contributed by atoms with E-state index in [1.165, 1.54) is 11.0 Å². The number of methoxy groups -OCH3 is 2. The third-order valence-corrected chi connectivity index (χ3v) is 4.41. The number of rotatable bonds is 4. The molecular formula is C19H15ClN4O3. The molecule has 0 atom stereocenters. The van der Waals surface area contributed by atoms with Crippen molar-refractivity contribution in [3.63, 3.8) is 0 Å². The molecule has 0 aliphatic heterocycles. The molecule has 0 unspecified atom stereocenters. The molecule has 7 nitrogen and oxygen atoms in total. The van der Waals surface area contributed by atoms with Gasteiger partial charge < -0.3 is 14.5 Å². The maximum absolute atomic E-state index is 12.8. The van der Waals surface area contributed by atoms with Crippen LogP contribution >= 0.6 is 11.6 Å². The molecule has 0 aliphatic carbocycles. The zero-order valence-electron chi connectivity index (χ0n) is 14.6. The molecule has 0 amide bonds. The van der Waals surface area contributed by atoms with Crippen molar-refractivity contribution in [1.82, 2.24) is 14.6 Å². The van der Waals surface area contributed by atoms with E-state index in [0.717, 1.165) is 16.5 Å². The van der Waals surface area contributed by atoms with Crippen LogP contribution in [0.3, 0.4) is 0 Å². The SMILES string of the molecule is COc1cc2[nH]c3c(=O)n(/N=C\c4cccc(Cl)c4)cnc3c2cc1OC. The molecule has 0 saturated heterocycles. The molecule has 0 radical (unpaired) electrons. The third-order valence-electron chi connectivity index (χ3n) is 4.17. The van der Waals surface area contributed by atoms with E-state index in [0.29, 0.717) is 27.6 Å². The number of fused-ring (bicyclic) bond motifs is 3. The van der Waals surface area contributed by atoms with Crippen LogP contribution in [0.5, 0.6) is 11.5 Å². The molecule has 1 N–H and O–H groups in total. The summed E-state index contributed by atoms with van der Waals surface area (Å²) in [4.78, 5) is 20.3. The van der Waals surface area contributed by atoms with Gasteiger partial charge in [-0.3, -0.25) is 4.79 Å². The third kappa shape index (κ3) is 3.02. The summed E-state index contributed by atoms with van der Waals surface area (Å²) in [5, 5.41) is 5.56. The number of halogens is 1. The highest BCUT2D eigenvalue weighted by Crippen LogP contribution is 2.34. The Balaban J connectivity index is 1.84. The molecular weight excluding hydrogens is 368 g/mol. The second kappa shape index (κ2) is 6.77. The highest BCUT2D eigenvalue weighted by Gasteiger charge is 2.14. The van der Waals surface area contributed by atoms with Gasteiger partial charge in [0.25, 0.3) is 5.56 Å². The first-order valence-electron chi connectivity index (χ1n) is 8.05. The first-order valence-corrected chi connectivity index (χ1v) is 8.43. The summed E-state index contributed by atoms with van der Waals surface area (Å²) < 4.78 is 11.8. The fourth-order valence-corrected chi connectivity index (χ4v) is 3.07. The molecule has 27 heavy (non-hydrogen) atoms. The molecule has 0 bridgehead atoms. The predicted octanol–water partition coefficient (Wildman–Crippen LogP) is 3.43. The number of ether oxygens (including phenoxy) is 2. The van der Waals surface area contributed by atoms with Crippen LogP contribution in [0.15, 0.2) is 52.6 Å². The van der Waals surface area contributed by atoms with Gasteiger partial charge in [-0.05, 0) is 23.8 Å². The van der Waals surface area contributed by atoms with Crippen molar-refractivity contribution in [3.8, 4) is 11.5 Å². The summed E-state index contributed by atoms with van der Waals surface area (Å²) in [7, 11) is 3.12. The lowest BCUT2D eigenvalue weighted by Crippen LogP contribution is -2.17. The van der Waals surface area contributed by atoms with Crippen molar-refractivity contribution < 1.29 is 9.47 Å². The van der Waals surface area contributed by atoms with Crippen LogP contribution in [0.25, 0.3) is 21.9 Å². The fraction of sp³-hybridized carbons (Fsp3) is 0.105. The zero-order chi connectivity index (χ0) is 19.0. The highest BCUT2D eigenvalue weighted by atomic mass is 35.5. The van der Waals surface area contributed by atoms with Crippen molar-refractivity contribution in [2.24, 2.45) is 5.10 Å². The summed E-state index contributed by atoms with van der Waals surface area (Å²) in [5.41, 5.74) is 2.09. The van der Waals surface area contributed by atoms with E-state index in [4.69, 9.17) is 21.1 Å². The van der Waals surface area contributed by atoms with Gasteiger partial charge in [-0.15, -0.1) is 0 Å². The minimum Gasteiger partial charge on any atom is -0.493 e. The van der Waals surface area contributed by atoms with Gasteiger partial charge in [0.05, 0.1) is 26.0 Å². The van der Waals surface area contributed by atoms with Gasteiger partial charge in [-0.2, -0.15) is 9.78 Å². The van der Waals surface area contributed by atoms with Crippen LogP contribution in [-0.4, -0.2) is 35.1 Å². The Morgan fingerprint density at radius 3 is 2.70 bits per heavy atom. The maximum Gasteiger partial charge on any atom is 0.298 e. The van der Waals surface area contributed by atoms with Gasteiger partial charge in [0.15, 0.2) is 11.5 Å². The average molecular weight is 383 g/mol. The van der Waals surface area contributed by atoms with Crippen LogP contribution in [0.1, 0.15) is 5.56 Å². The number of aromatic nitrogens is 3. The number of hydrogen-bond acceptors (Lipinski definition) is 5. The number of H-pyrrole nitrogens is 1. The van der Waals surface area contributed by atoms with E-state index in [9.17, 15) is 4.79 Å². The van der Waals surface area contributed by atoms with Crippen molar-refractivity contribution in [2.45, 2.75) is 0 Å². The molecule has 2 aromatic heterocycles. The molecule has 0 saturated carbocycles. The van der Waals surface area contributed by atoms with Gasteiger partial charge in [0.1, 0.15) is 17.4 Å². The number of aromatic amines is 1. The van der Waals surface area contributed by atoms with Gasteiger partial charge in [-0.1, -0.05) is 23.7 Å². The zero-order valence-corrected chi connectivity index (χ0v) is 15.3. The van der Waals surface area contributed by atoms with Crippen LogP contribution < -0.4 is 15.0 Å². The minimum absolute atomic E-state index is 0.313. The highest BCUT2D eigenvalue weighted by molar-refractivity contribution is 6.30. The van der Waals surface area contributed by atoms with Crippen LogP contribution in [0.2, 0.25) is 5.02 Å². The van der Waals surface area contributed by atoms with Crippen molar-refractivity contribution in [2.75, 3.05) is 14.2 Å². The van der Waals surface area contributed by atoms with Crippen molar-refractivity contribution in [3.05, 3.63) is 63.7 Å². The van der Waals surface area contributed by atoms with Gasteiger partial charge in [0.2, 0.25) is 0 Å². The molecule has 0 spiro atoms. The molecule has 0 fully saturated rings. The van der Waals surface area contributed by atoms with E-state index >= 15 is 0 Å². The summed E-state index contributed by atoms with van der Waals surface area (Å²) in [6.07, 6.45) is 2.94. The van der Waals surface area contributed by atoms with E-state index in [1.54, 1.807) is 44.7 Å². The van der Waals surface area contributed by atoms with Crippen LogP contribution in [-0.2, 0) is 0 Å². The van der Waals surface area contributed by atoms with Gasteiger partial charge in [-0.25, -0.2) is 4.98 Å². The van der Waals surface area contributed by atoms with E-state index in [1.807, 2.05) is 12.1 Å². The second-order valence-corrected chi connectivity index (χ2v) is 6.23. The average Bonchev–Trinajstić information content (AvgIpc) is 3.04.